The largest absolute Gasteiger partial charge is 0.488 e. The molecule has 70 valence electrons. The number of fused-ring (bicyclic) bond motifs is 1. The van der Waals surface area contributed by atoms with Gasteiger partial charge in [-0.05, 0) is 25.5 Å². The predicted molar refractivity (Wildman–Crippen MR) is 48.2 cm³/mol. The van der Waals surface area contributed by atoms with E-state index >= 15 is 0 Å². The fourth-order valence-corrected chi connectivity index (χ4v) is 1.65. The Bertz CT molecular complexity index is 351. The van der Waals surface area contributed by atoms with Crippen LogP contribution in [0.25, 0.3) is 0 Å². The van der Waals surface area contributed by atoms with Gasteiger partial charge in [0.15, 0.2) is 0 Å². The lowest BCUT2D eigenvalue weighted by Crippen LogP contribution is -2.22. The fourth-order valence-electron chi connectivity index (χ4n) is 1.65. The summed E-state index contributed by atoms with van der Waals surface area (Å²) in [5.74, 6) is 0.359. The maximum atomic E-state index is 13.3. The molecule has 2 unspecified atom stereocenters. The normalized spacial score (nSPS) is 25.5. The zero-order valence-electron chi connectivity index (χ0n) is 7.67. The first-order valence-electron chi connectivity index (χ1n) is 4.32. The number of nitrogens with two attached hydrogens (primary N) is 1. The van der Waals surface area contributed by atoms with Gasteiger partial charge in [-0.2, -0.15) is 0 Å². The summed E-state index contributed by atoms with van der Waals surface area (Å²) in [7, 11) is 0. The van der Waals surface area contributed by atoms with E-state index in [-0.39, 0.29) is 18.0 Å². The molecule has 0 bridgehead atoms. The van der Waals surface area contributed by atoms with Crippen molar-refractivity contribution in [3.63, 3.8) is 0 Å². The molecule has 1 heterocycles. The minimum Gasteiger partial charge on any atom is -0.488 e. The predicted octanol–water partition coefficient (Wildman–Crippen LogP) is 1.91. The average Bonchev–Trinajstić information content (AvgIpc) is 2.38. The van der Waals surface area contributed by atoms with E-state index in [2.05, 4.69) is 0 Å². The summed E-state index contributed by atoms with van der Waals surface area (Å²) in [6.45, 7) is 3.74. The zero-order valence-corrected chi connectivity index (χ0v) is 7.67. The molecular weight excluding hydrogens is 169 g/mol. The van der Waals surface area contributed by atoms with Gasteiger partial charge in [0.2, 0.25) is 0 Å². The topological polar surface area (TPSA) is 35.2 Å². The van der Waals surface area contributed by atoms with E-state index in [9.17, 15) is 4.39 Å². The Morgan fingerprint density at radius 2 is 2.15 bits per heavy atom. The summed E-state index contributed by atoms with van der Waals surface area (Å²) in [6, 6.07) is 2.81. The molecule has 2 atom stereocenters. The van der Waals surface area contributed by atoms with Crippen LogP contribution in [0.5, 0.6) is 5.75 Å². The molecule has 0 radical (unpaired) electrons. The van der Waals surface area contributed by atoms with Crippen LogP contribution in [0.3, 0.4) is 0 Å². The van der Waals surface area contributed by atoms with Crippen LogP contribution in [0, 0.1) is 12.7 Å². The number of aryl methyl sites for hydroxylation is 1. The van der Waals surface area contributed by atoms with Gasteiger partial charge in [0.1, 0.15) is 17.7 Å². The Labute approximate surface area is 76.5 Å². The molecule has 2 N–H and O–H groups in total. The summed E-state index contributed by atoms with van der Waals surface area (Å²) in [4.78, 5) is 0. The van der Waals surface area contributed by atoms with Crippen LogP contribution >= 0.6 is 0 Å². The lowest BCUT2D eigenvalue weighted by molar-refractivity contribution is 0.227. The van der Waals surface area contributed by atoms with E-state index in [0.29, 0.717) is 11.3 Å². The van der Waals surface area contributed by atoms with Gasteiger partial charge in [0, 0.05) is 0 Å². The summed E-state index contributed by atoms with van der Waals surface area (Å²) in [5, 5.41) is 0. The van der Waals surface area contributed by atoms with E-state index in [1.54, 1.807) is 6.07 Å². The molecule has 1 aliphatic rings. The number of halogens is 1. The summed E-state index contributed by atoms with van der Waals surface area (Å²) >= 11 is 0. The van der Waals surface area contributed by atoms with Crippen molar-refractivity contribution in [2.75, 3.05) is 0 Å². The maximum Gasteiger partial charge on any atom is 0.131 e. The summed E-state index contributed by atoms with van der Waals surface area (Å²) in [6.07, 6.45) is -0.134. The van der Waals surface area contributed by atoms with Crippen molar-refractivity contribution in [3.05, 3.63) is 29.1 Å². The molecule has 0 saturated heterocycles. The quantitative estimate of drug-likeness (QED) is 0.663. The van der Waals surface area contributed by atoms with Crippen molar-refractivity contribution in [2.45, 2.75) is 26.0 Å². The molecular formula is C10H12FNO. The van der Waals surface area contributed by atoms with E-state index < -0.39 is 0 Å². The number of hydrogen-bond acceptors (Lipinski definition) is 2. The van der Waals surface area contributed by atoms with Crippen LogP contribution in [0.1, 0.15) is 24.1 Å². The van der Waals surface area contributed by atoms with Crippen LogP contribution < -0.4 is 10.5 Å². The van der Waals surface area contributed by atoms with E-state index in [1.807, 2.05) is 13.8 Å². The SMILES string of the molecule is Cc1ccc(F)c2c1OC(C)C2N. The molecule has 3 heteroatoms. The minimum absolute atomic E-state index is 0.134. The van der Waals surface area contributed by atoms with E-state index in [1.165, 1.54) is 6.07 Å². The van der Waals surface area contributed by atoms with Gasteiger partial charge >= 0.3 is 0 Å². The molecule has 2 nitrogen and oxygen atoms in total. The van der Waals surface area contributed by atoms with Crippen molar-refractivity contribution in [1.29, 1.82) is 0 Å². The highest BCUT2D eigenvalue weighted by molar-refractivity contribution is 5.46. The average molecular weight is 181 g/mol. The van der Waals surface area contributed by atoms with E-state index in [0.717, 1.165) is 5.56 Å². The molecule has 0 spiro atoms. The highest BCUT2D eigenvalue weighted by Gasteiger charge is 2.32. The third kappa shape index (κ3) is 1.11. The second-order valence-corrected chi connectivity index (χ2v) is 3.46. The van der Waals surface area contributed by atoms with Crippen molar-refractivity contribution < 1.29 is 9.13 Å². The van der Waals surface area contributed by atoms with Gasteiger partial charge in [-0.1, -0.05) is 6.07 Å². The lowest BCUT2D eigenvalue weighted by atomic mass is 10.0. The van der Waals surface area contributed by atoms with Gasteiger partial charge < -0.3 is 10.5 Å². The van der Waals surface area contributed by atoms with Crippen LogP contribution in [-0.2, 0) is 0 Å². The molecule has 0 aromatic heterocycles. The Morgan fingerprint density at radius 3 is 2.77 bits per heavy atom. The molecule has 1 aromatic carbocycles. The minimum atomic E-state index is -0.338. The van der Waals surface area contributed by atoms with Gasteiger partial charge in [-0.25, -0.2) is 4.39 Å². The molecule has 13 heavy (non-hydrogen) atoms. The second kappa shape index (κ2) is 2.70. The van der Waals surface area contributed by atoms with Gasteiger partial charge in [-0.3, -0.25) is 0 Å². The number of hydrogen-bond donors (Lipinski definition) is 1. The number of rotatable bonds is 0. The number of ether oxygens (including phenoxy) is 1. The molecule has 0 saturated carbocycles. The standard InChI is InChI=1S/C10H12FNO/c1-5-3-4-7(11)8-9(12)6(2)13-10(5)8/h3-4,6,9H,12H2,1-2H3. The van der Waals surface area contributed by atoms with Crippen LogP contribution in [0.4, 0.5) is 4.39 Å². The first-order valence-corrected chi connectivity index (χ1v) is 4.32. The van der Waals surface area contributed by atoms with Gasteiger partial charge in [0.05, 0.1) is 11.6 Å². The highest BCUT2D eigenvalue weighted by Crippen LogP contribution is 2.39. The van der Waals surface area contributed by atoms with Crippen LogP contribution in [-0.4, -0.2) is 6.10 Å². The molecule has 0 amide bonds. The Balaban J connectivity index is 2.61. The van der Waals surface area contributed by atoms with Crippen molar-refractivity contribution in [2.24, 2.45) is 5.73 Å². The Kier molecular flexibility index (Phi) is 1.77. The van der Waals surface area contributed by atoms with Crippen molar-refractivity contribution in [1.82, 2.24) is 0 Å². The van der Waals surface area contributed by atoms with Gasteiger partial charge in [0.25, 0.3) is 0 Å². The second-order valence-electron chi connectivity index (χ2n) is 3.46. The Hall–Kier alpha value is -1.09. The first kappa shape index (κ1) is 8.51. The third-order valence-corrected chi connectivity index (χ3v) is 2.48. The fraction of sp³-hybridized carbons (Fsp3) is 0.400. The highest BCUT2D eigenvalue weighted by atomic mass is 19.1. The van der Waals surface area contributed by atoms with Crippen molar-refractivity contribution >= 4 is 0 Å². The smallest absolute Gasteiger partial charge is 0.131 e. The van der Waals surface area contributed by atoms with Gasteiger partial charge in [-0.15, -0.1) is 0 Å². The zero-order chi connectivity index (χ0) is 9.59. The maximum absolute atomic E-state index is 13.3. The van der Waals surface area contributed by atoms with Crippen LogP contribution in [0.15, 0.2) is 12.1 Å². The summed E-state index contributed by atoms with van der Waals surface area (Å²) in [5.41, 5.74) is 7.26. The third-order valence-electron chi connectivity index (χ3n) is 2.48. The van der Waals surface area contributed by atoms with Crippen LogP contribution in [0.2, 0.25) is 0 Å². The van der Waals surface area contributed by atoms with E-state index in [4.69, 9.17) is 10.5 Å². The van der Waals surface area contributed by atoms with Crippen molar-refractivity contribution in [3.8, 4) is 5.75 Å². The lowest BCUT2D eigenvalue weighted by Gasteiger charge is -2.07. The monoisotopic (exact) mass is 181 g/mol. The molecule has 0 aliphatic carbocycles. The Morgan fingerprint density at radius 1 is 1.46 bits per heavy atom. The molecule has 2 rings (SSSR count). The first-order chi connectivity index (χ1) is 6.11. The summed E-state index contributed by atoms with van der Waals surface area (Å²) < 4.78 is 18.8. The molecule has 1 aliphatic heterocycles. The number of benzene rings is 1. The molecule has 0 fully saturated rings. The molecule has 1 aromatic rings.